The van der Waals surface area contributed by atoms with Crippen molar-refractivity contribution in [1.82, 2.24) is 9.97 Å². The van der Waals surface area contributed by atoms with Gasteiger partial charge in [0.1, 0.15) is 0 Å². The Morgan fingerprint density at radius 3 is 2.58 bits per heavy atom. The van der Waals surface area contributed by atoms with Gasteiger partial charge in [0.25, 0.3) is 0 Å². The number of aromatic nitrogens is 2. The molecule has 0 amide bonds. The summed E-state index contributed by atoms with van der Waals surface area (Å²) in [7, 11) is 0. The van der Waals surface area contributed by atoms with Crippen LogP contribution in [0.1, 0.15) is 18.1 Å². The lowest BCUT2D eigenvalue weighted by atomic mass is 10.1. The fourth-order valence-corrected chi connectivity index (χ4v) is 2.70. The molecule has 0 aliphatic carbocycles. The molecule has 2 aromatic rings. The van der Waals surface area contributed by atoms with Gasteiger partial charge >= 0.3 is 0 Å². The molecule has 0 radical (unpaired) electrons. The van der Waals surface area contributed by atoms with Crippen LogP contribution in [0, 0.1) is 6.92 Å². The molecule has 1 atom stereocenters. The van der Waals surface area contributed by atoms with Crippen LogP contribution in [0.4, 0.5) is 0 Å². The third-order valence-electron chi connectivity index (χ3n) is 2.53. The highest BCUT2D eigenvalue weighted by molar-refractivity contribution is 7.99. The van der Waals surface area contributed by atoms with Gasteiger partial charge < -0.3 is 5.73 Å². The molecule has 3 nitrogen and oxygen atoms in total. The topological polar surface area (TPSA) is 51.8 Å². The van der Waals surface area contributed by atoms with Crippen molar-refractivity contribution in [2.75, 3.05) is 0 Å². The largest absolute Gasteiger partial charge is 0.328 e. The van der Waals surface area contributed by atoms with Crippen molar-refractivity contribution in [3.63, 3.8) is 0 Å². The van der Waals surface area contributed by atoms with E-state index >= 15 is 0 Å². The number of nitrogens with two attached hydrogens (primary N) is 1. The molecular formula is C14H16ClN3S. The Kier molecular flexibility index (Phi) is 4.80. The first-order valence-electron chi connectivity index (χ1n) is 6.05. The zero-order valence-electron chi connectivity index (χ0n) is 10.9. The van der Waals surface area contributed by atoms with Crippen LogP contribution in [-0.4, -0.2) is 16.0 Å². The van der Waals surface area contributed by atoms with Crippen molar-refractivity contribution in [3.05, 3.63) is 46.7 Å². The first-order valence-corrected chi connectivity index (χ1v) is 7.24. The van der Waals surface area contributed by atoms with E-state index in [1.807, 2.05) is 32.0 Å². The summed E-state index contributed by atoms with van der Waals surface area (Å²) in [6.07, 6.45) is 4.40. The molecule has 0 saturated heterocycles. The Balaban J connectivity index is 2.13. The summed E-state index contributed by atoms with van der Waals surface area (Å²) in [5.41, 5.74) is 7.91. The van der Waals surface area contributed by atoms with Crippen LogP contribution in [0.3, 0.4) is 0 Å². The quantitative estimate of drug-likeness (QED) is 0.877. The third-order valence-corrected chi connectivity index (χ3v) is 3.77. The van der Waals surface area contributed by atoms with Gasteiger partial charge in [0.15, 0.2) is 5.16 Å². The zero-order valence-corrected chi connectivity index (χ0v) is 12.5. The van der Waals surface area contributed by atoms with Crippen molar-refractivity contribution in [3.8, 4) is 0 Å². The number of benzene rings is 1. The fourth-order valence-electron chi connectivity index (χ4n) is 1.64. The Morgan fingerprint density at radius 2 is 2.00 bits per heavy atom. The smallest absolute Gasteiger partial charge is 0.192 e. The summed E-state index contributed by atoms with van der Waals surface area (Å²) >= 11 is 7.76. The van der Waals surface area contributed by atoms with E-state index in [-0.39, 0.29) is 6.04 Å². The van der Waals surface area contributed by atoms with E-state index in [1.165, 1.54) is 11.8 Å². The number of nitrogens with zero attached hydrogens (tertiary/aromatic N) is 2. The molecule has 2 N–H and O–H groups in total. The normalized spacial score (nSPS) is 12.4. The van der Waals surface area contributed by atoms with E-state index < -0.39 is 0 Å². The summed E-state index contributed by atoms with van der Waals surface area (Å²) in [6, 6.07) is 6.09. The standard InChI is InChI=1S/C14H16ClN3S/c1-9-7-17-14(18-8-9)19-12-4-3-11(5-10(2)16)13(15)6-12/h3-4,6-8,10H,5,16H2,1-2H3. The lowest BCUT2D eigenvalue weighted by Gasteiger charge is -2.08. The molecule has 0 aliphatic heterocycles. The average molecular weight is 294 g/mol. The van der Waals surface area contributed by atoms with Crippen LogP contribution < -0.4 is 5.73 Å². The molecule has 1 unspecified atom stereocenters. The minimum Gasteiger partial charge on any atom is -0.328 e. The summed E-state index contributed by atoms with van der Waals surface area (Å²) in [6.45, 7) is 3.94. The van der Waals surface area contributed by atoms with E-state index in [4.69, 9.17) is 17.3 Å². The van der Waals surface area contributed by atoms with Gasteiger partial charge in [0.2, 0.25) is 0 Å². The van der Waals surface area contributed by atoms with Gasteiger partial charge in [0, 0.05) is 28.4 Å². The molecule has 0 saturated carbocycles. The highest BCUT2D eigenvalue weighted by Gasteiger charge is 2.06. The molecule has 5 heteroatoms. The number of hydrogen-bond acceptors (Lipinski definition) is 4. The zero-order chi connectivity index (χ0) is 13.8. The van der Waals surface area contributed by atoms with Crippen LogP contribution in [0.2, 0.25) is 5.02 Å². The minimum absolute atomic E-state index is 0.108. The third kappa shape index (κ3) is 4.20. The molecule has 0 aliphatic rings. The summed E-state index contributed by atoms with van der Waals surface area (Å²) in [5, 5.41) is 1.47. The lowest BCUT2D eigenvalue weighted by Crippen LogP contribution is -2.17. The first kappa shape index (κ1) is 14.3. The van der Waals surface area contributed by atoms with Gasteiger partial charge in [-0.3, -0.25) is 0 Å². The molecule has 100 valence electrons. The average Bonchev–Trinajstić information content (AvgIpc) is 2.35. The van der Waals surface area contributed by atoms with Crippen LogP contribution in [-0.2, 0) is 6.42 Å². The van der Waals surface area contributed by atoms with Crippen LogP contribution >= 0.6 is 23.4 Å². The molecular weight excluding hydrogens is 278 g/mol. The summed E-state index contributed by atoms with van der Waals surface area (Å²) in [4.78, 5) is 9.56. The molecule has 0 bridgehead atoms. The Bertz CT molecular complexity index is 555. The maximum atomic E-state index is 6.26. The van der Waals surface area contributed by atoms with Crippen molar-refractivity contribution in [1.29, 1.82) is 0 Å². The van der Waals surface area contributed by atoms with Gasteiger partial charge in [0.05, 0.1) is 0 Å². The van der Waals surface area contributed by atoms with Crippen LogP contribution in [0.25, 0.3) is 0 Å². The maximum absolute atomic E-state index is 6.26. The molecule has 19 heavy (non-hydrogen) atoms. The van der Waals surface area contributed by atoms with Gasteiger partial charge in [-0.2, -0.15) is 0 Å². The Labute approximate surface area is 122 Å². The number of rotatable bonds is 4. The molecule has 2 rings (SSSR count). The summed E-state index contributed by atoms with van der Waals surface area (Å²) < 4.78 is 0. The van der Waals surface area contributed by atoms with E-state index in [1.54, 1.807) is 12.4 Å². The first-order chi connectivity index (χ1) is 9.04. The number of halogens is 1. The molecule has 1 heterocycles. The van der Waals surface area contributed by atoms with Crippen LogP contribution in [0.15, 0.2) is 40.6 Å². The van der Waals surface area contributed by atoms with Crippen molar-refractivity contribution >= 4 is 23.4 Å². The Morgan fingerprint density at radius 1 is 1.32 bits per heavy atom. The molecule has 0 spiro atoms. The van der Waals surface area contributed by atoms with Gasteiger partial charge in [-0.1, -0.05) is 17.7 Å². The number of hydrogen-bond donors (Lipinski definition) is 1. The number of aryl methyl sites for hydroxylation is 1. The predicted octanol–water partition coefficient (Wildman–Crippen LogP) is 3.48. The van der Waals surface area contributed by atoms with E-state index in [2.05, 4.69) is 9.97 Å². The SMILES string of the molecule is Cc1cnc(Sc2ccc(CC(C)N)c(Cl)c2)nc1. The highest BCUT2D eigenvalue weighted by Crippen LogP contribution is 2.29. The van der Waals surface area contributed by atoms with Gasteiger partial charge in [-0.15, -0.1) is 0 Å². The van der Waals surface area contributed by atoms with E-state index in [0.717, 1.165) is 32.6 Å². The van der Waals surface area contributed by atoms with Crippen molar-refractivity contribution in [2.45, 2.75) is 36.4 Å². The summed E-state index contributed by atoms with van der Waals surface area (Å²) in [5.74, 6) is 0. The van der Waals surface area contributed by atoms with Crippen molar-refractivity contribution in [2.24, 2.45) is 5.73 Å². The predicted molar refractivity (Wildman–Crippen MR) is 79.7 cm³/mol. The second-order valence-corrected chi connectivity index (χ2v) is 6.03. The second-order valence-electron chi connectivity index (χ2n) is 4.58. The van der Waals surface area contributed by atoms with Gasteiger partial charge in [-0.25, -0.2) is 9.97 Å². The minimum atomic E-state index is 0.108. The van der Waals surface area contributed by atoms with Crippen LogP contribution in [0.5, 0.6) is 0 Å². The molecule has 1 aromatic heterocycles. The van der Waals surface area contributed by atoms with E-state index in [9.17, 15) is 0 Å². The molecule has 1 aromatic carbocycles. The fraction of sp³-hybridized carbons (Fsp3) is 0.286. The second kappa shape index (κ2) is 6.37. The monoisotopic (exact) mass is 293 g/mol. The van der Waals surface area contributed by atoms with E-state index in [0.29, 0.717) is 0 Å². The Hall–Kier alpha value is -1.10. The molecule has 0 fully saturated rings. The maximum Gasteiger partial charge on any atom is 0.192 e. The van der Waals surface area contributed by atoms with Gasteiger partial charge in [-0.05, 0) is 55.3 Å². The lowest BCUT2D eigenvalue weighted by molar-refractivity contribution is 0.738. The van der Waals surface area contributed by atoms with Crippen molar-refractivity contribution < 1.29 is 0 Å². The highest BCUT2D eigenvalue weighted by atomic mass is 35.5.